The maximum absolute atomic E-state index is 12.1. The molecule has 1 fully saturated rings. The summed E-state index contributed by atoms with van der Waals surface area (Å²) in [7, 11) is -1.12. The molecule has 6 heteroatoms. The standard InChI is InChI=1S/C15H23BrN2O2S/c1-18(10-12-6-3-4-7-13(12)16)15(11-17)9-5-8-14(15)21(2,19)20/h3-4,6-7,14H,5,8-11,17H2,1-2H3. The second-order valence-electron chi connectivity index (χ2n) is 5.97. The van der Waals surface area contributed by atoms with E-state index in [4.69, 9.17) is 5.73 Å². The molecule has 1 aliphatic carbocycles. The quantitative estimate of drug-likeness (QED) is 0.857. The molecule has 2 atom stereocenters. The molecule has 118 valence electrons. The molecule has 1 aromatic rings. The van der Waals surface area contributed by atoms with Gasteiger partial charge in [-0.2, -0.15) is 0 Å². The first-order valence-electron chi connectivity index (χ1n) is 7.15. The molecule has 0 aromatic heterocycles. The molecule has 2 rings (SSSR count). The van der Waals surface area contributed by atoms with Crippen LogP contribution >= 0.6 is 15.9 Å². The van der Waals surface area contributed by atoms with E-state index in [9.17, 15) is 8.42 Å². The summed E-state index contributed by atoms with van der Waals surface area (Å²) < 4.78 is 25.3. The van der Waals surface area contributed by atoms with Gasteiger partial charge in [-0.25, -0.2) is 8.42 Å². The van der Waals surface area contributed by atoms with E-state index in [1.807, 2.05) is 25.2 Å². The van der Waals surface area contributed by atoms with Gasteiger partial charge in [-0.05, 0) is 31.5 Å². The summed E-state index contributed by atoms with van der Waals surface area (Å²) in [5.41, 5.74) is 6.72. The minimum Gasteiger partial charge on any atom is -0.329 e. The van der Waals surface area contributed by atoms with Crippen LogP contribution in [-0.2, 0) is 16.4 Å². The predicted molar refractivity (Wildman–Crippen MR) is 89.9 cm³/mol. The van der Waals surface area contributed by atoms with Gasteiger partial charge in [0, 0.05) is 29.4 Å². The van der Waals surface area contributed by atoms with Gasteiger partial charge in [-0.15, -0.1) is 0 Å². The Morgan fingerprint density at radius 1 is 1.43 bits per heavy atom. The lowest BCUT2D eigenvalue weighted by atomic mass is 9.94. The van der Waals surface area contributed by atoms with Crippen LogP contribution in [0.25, 0.3) is 0 Å². The molecule has 0 radical (unpaired) electrons. The van der Waals surface area contributed by atoms with Crippen molar-refractivity contribution in [3.8, 4) is 0 Å². The highest BCUT2D eigenvalue weighted by molar-refractivity contribution is 9.10. The van der Waals surface area contributed by atoms with Gasteiger partial charge in [0.1, 0.15) is 0 Å². The maximum Gasteiger partial charge on any atom is 0.152 e. The largest absolute Gasteiger partial charge is 0.329 e. The first-order valence-corrected chi connectivity index (χ1v) is 9.89. The average molecular weight is 375 g/mol. The zero-order valence-corrected chi connectivity index (χ0v) is 15.0. The second-order valence-corrected chi connectivity index (χ2v) is 9.05. The van der Waals surface area contributed by atoms with Crippen molar-refractivity contribution in [1.82, 2.24) is 4.90 Å². The van der Waals surface area contributed by atoms with Crippen LogP contribution in [0.2, 0.25) is 0 Å². The van der Waals surface area contributed by atoms with E-state index in [1.54, 1.807) is 0 Å². The number of nitrogens with zero attached hydrogens (tertiary/aromatic N) is 1. The lowest BCUT2D eigenvalue weighted by Gasteiger charge is -2.42. The van der Waals surface area contributed by atoms with Crippen molar-refractivity contribution in [2.45, 2.75) is 36.6 Å². The van der Waals surface area contributed by atoms with E-state index in [1.165, 1.54) is 6.26 Å². The number of likely N-dealkylation sites (N-methyl/N-ethyl adjacent to an activating group) is 1. The molecule has 1 saturated carbocycles. The van der Waals surface area contributed by atoms with Crippen molar-refractivity contribution < 1.29 is 8.42 Å². The molecule has 0 bridgehead atoms. The van der Waals surface area contributed by atoms with Crippen LogP contribution in [0.5, 0.6) is 0 Å². The van der Waals surface area contributed by atoms with Gasteiger partial charge in [0.05, 0.1) is 5.25 Å². The molecular formula is C15H23BrN2O2S. The van der Waals surface area contributed by atoms with E-state index >= 15 is 0 Å². The van der Waals surface area contributed by atoms with E-state index in [-0.39, 0.29) is 5.25 Å². The molecule has 0 heterocycles. The molecule has 2 N–H and O–H groups in total. The third-order valence-electron chi connectivity index (χ3n) is 4.67. The van der Waals surface area contributed by atoms with Crippen molar-refractivity contribution in [3.63, 3.8) is 0 Å². The summed E-state index contributed by atoms with van der Waals surface area (Å²) in [6.07, 6.45) is 3.79. The topological polar surface area (TPSA) is 63.4 Å². The van der Waals surface area contributed by atoms with E-state index < -0.39 is 15.4 Å². The lowest BCUT2D eigenvalue weighted by Crippen LogP contribution is -2.58. The van der Waals surface area contributed by atoms with Gasteiger partial charge in [0.15, 0.2) is 9.84 Å². The highest BCUT2D eigenvalue weighted by Crippen LogP contribution is 2.39. The Balaban J connectivity index is 2.30. The Morgan fingerprint density at radius 2 is 2.10 bits per heavy atom. The Labute approximate surface area is 135 Å². The number of hydrogen-bond donors (Lipinski definition) is 1. The van der Waals surface area contributed by atoms with E-state index in [0.717, 1.165) is 22.9 Å². The van der Waals surface area contributed by atoms with Gasteiger partial charge in [-0.3, -0.25) is 4.90 Å². The van der Waals surface area contributed by atoms with Gasteiger partial charge in [0.25, 0.3) is 0 Å². The van der Waals surface area contributed by atoms with Crippen molar-refractivity contribution >= 4 is 25.8 Å². The zero-order chi connectivity index (χ0) is 15.7. The van der Waals surface area contributed by atoms with Crippen LogP contribution in [-0.4, -0.2) is 44.0 Å². The first-order chi connectivity index (χ1) is 9.81. The number of benzene rings is 1. The molecule has 0 aliphatic heterocycles. The number of halogens is 1. The van der Waals surface area contributed by atoms with Crippen molar-refractivity contribution in [2.24, 2.45) is 5.73 Å². The Bertz CT molecular complexity index is 605. The average Bonchev–Trinajstić information content (AvgIpc) is 2.86. The lowest BCUT2D eigenvalue weighted by molar-refractivity contribution is 0.126. The third kappa shape index (κ3) is 3.33. The molecule has 0 spiro atoms. The van der Waals surface area contributed by atoms with Crippen LogP contribution in [0.1, 0.15) is 24.8 Å². The van der Waals surface area contributed by atoms with Gasteiger partial charge < -0.3 is 5.73 Å². The second kappa shape index (κ2) is 6.36. The van der Waals surface area contributed by atoms with Crippen LogP contribution in [0, 0.1) is 0 Å². The molecule has 2 unspecified atom stereocenters. The fraction of sp³-hybridized carbons (Fsp3) is 0.600. The third-order valence-corrected chi connectivity index (χ3v) is 7.15. The number of sulfone groups is 1. The first kappa shape index (κ1) is 16.9. The summed E-state index contributed by atoms with van der Waals surface area (Å²) >= 11 is 3.55. The molecule has 0 amide bonds. The molecule has 21 heavy (non-hydrogen) atoms. The van der Waals surface area contributed by atoms with E-state index in [2.05, 4.69) is 26.9 Å². The van der Waals surface area contributed by atoms with Crippen molar-refractivity contribution in [1.29, 1.82) is 0 Å². The molecule has 1 aliphatic rings. The Morgan fingerprint density at radius 3 is 2.67 bits per heavy atom. The molecule has 1 aromatic carbocycles. The zero-order valence-electron chi connectivity index (χ0n) is 12.5. The predicted octanol–water partition coefficient (Wildman–Crippen LogP) is 2.18. The summed E-state index contributed by atoms with van der Waals surface area (Å²) in [5, 5.41) is -0.373. The smallest absolute Gasteiger partial charge is 0.152 e. The molecule has 4 nitrogen and oxygen atoms in total. The van der Waals surface area contributed by atoms with Crippen LogP contribution in [0.3, 0.4) is 0 Å². The Kier molecular flexibility index (Phi) is 5.13. The van der Waals surface area contributed by atoms with Crippen LogP contribution < -0.4 is 5.73 Å². The normalized spacial score (nSPS) is 26.4. The van der Waals surface area contributed by atoms with Crippen molar-refractivity contribution in [3.05, 3.63) is 34.3 Å². The minimum absolute atomic E-state index is 0.367. The maximum atomic E-state index is 12.1. The van der Waals surface area contributed by atoms with E-state index in [0.29, 0.717) is 19.5 Å². The van der Waals surface area contributed by atoms with Crippen molar-refractivity contribution in [2.75, 3.05) is 19.8 Å². The fourth-order valence-electron chi connectivity index (χ4n) is 3.50. The monoisotopic (exact) mass is 374 g/mol. The van der Waals surface area contributed by atoms with Crippen LogP contribution in [0.4, 0.5) is 0 Å². The van der Waals surface area contributed by atoms with Gasteiger partial charge >= 0.3 is 0 Å². The minimum atomic E-state index is -3.10. The summed E-state index contributed by atoms with van der Waals surface area (Å²) in [6, 6.07) is 8.02. The summed E-state index contributed by atoms with van der Waals surface area (Å²) in [5.74, 6) is 0. The van der Waals surface area contributed by atoms with Crippen LogP contribution in [0.15, 0.2) is 28.7 Å². The summed E-state index contributed by atoms with van der Waals surface area (Å²) in [6.45, 7) is 1.05. The SMILES string of the molecule is CN(Cc1ccccc1Br)C1(CN)CCCC1S(C)(=O)=O. The summed E-state index contributed by atoms with van der Waals surface area (Å²) in [4.78, 5) is 2.13. The fourth-order valence-corrected chi connectivity index (χ4v) is 5.70. The molecule has 0 saturated heterocycles. The Hall–Kier alpha value is -0.430. The highest BCUT2D eigenvalue weighted by atomic mass is 79.9. The molecular weight excluding hydrogens is 352 g/mol. The number of nitrogens with two attached hydrogens (primary N) is 1. The van der Waals surface area contributed by atoms with Gasteiger partial charge in [0.2, 0.25) is 0 Å². The van der Waals surface area contributed by atoms with Gasteiger partial charge in [-0.1, -0.05) is 40.5 Å². The highest BCUT2D eigenvalue weighted by Gasteiger charge is 2.49. The number of hydrogen-bond acceptors (Lipinski definition) is 4. The number of rotatable bonds is 5.